The Balaban J connectivity index is 1.29. The van der Waals surface area contributed by atoms with E-state index in [9.17, 15) is 5.11 Å². The van der Waals surface area contributed by atoms with E-state index in [0.717, 1.165) is 42.6 Å². The van der Waals surface area contributed by atoms with Gasteiger partial charge in [-0.15, -0.1) is 0 Å². The minimum absolute atomic E-state index is 0.0281. The molecular weight excluding hydrogens is 356 g/mol. The Labute approximate surface area is 179 Å². The van der Waals surface area contributed by atoms with Crippen LogP contribution in [-0.4, -0.2) is 23.4 Å². The first-order valence-corrected chi connectivity index (χ1v) is 13.1. The lowest BCUT2D eigenvalue weighted by atomic mass is 9.44. The molecule has 3 unspecified atom stereocenters. The molecule has 2 nitrogen and oxygen atoms in total. The molecule has 5 rings (SSSR count). The van der Waals surface area contributed by atoms with Crippen LogP contribution in [0.1, 0.15) is 105 Å². The molecule has 0 spiro atoms. The second-order valence-electron chi connectivity index (χ2n) is 12.9. The highest BCUT2D eigenvalue weighted by molar-refractivity contribution is 5.10. The largest absolute Gasteiger partial charge is 0.393 e. The number of aliphatic hydroxyl groups excluding tert-OH is 1. The SMILES string of the molecule is C[C@H](CCCC1(C)CO1)[C@H]1CC[C@H]2[C@@H]3CC(O)C4CCCC[C@]4(C)[C@H]3CC[C@]12C. The Morgan fingerprint density at radius 1 is 0.931 bits per heavy atom. The maximum absolute atomic E-state index is 11.2. The highest BCUT2D eigenvalue weighted by Gasteiger charge is 2.61. The summed E-state index contributed by atoms with van der Waals surface area (Å²) in [4.78, 5) is 0. The van der Waals surface area contributed by atoms with Gasteiger partial charge < -0.3 is 9.84 Å². The first-order valence-electron chi connectivity index (χ1n) is 13.1. The summed E-state index contributed by atoms with van der Waals surface area (Å²) in [6.45, 7) is 11.0. The summed E-state index contributed by atoms with van der Waals surface area (Å²) in [5.74, 6) is 4.87. The molecule has 5 aliphatic rings. The Morgan fingerprint density at radius 3 is 2.45 bits per heavy atom. The lowest BCUT2D eigenvalue weighted by Gasteiger charge is -2.62. The van der Waals surface area contributed by atoms with Gasteiger partial charge in [0.1, 0.15) is 0 Å². The number of aliphatic hydroxyl groups is 1. The zero-order chi connectivity index (χ0) is 20.4. The number of hydrogen-bond acceptors (Lipinski definition) is 2. The summed E-state index contributed by atoms with van der Waals surface area (Å²) < 4.78 is 5.61. The normalized spacial score (nSPS) is 54.9. The molecule has 2 heteroatoms. The summed E-state index contributed by atoms with van der Waals surface area (Å²) in [6, 6.07) is 0. The van der Waals surface area contributed by atoms with Gasteiger partial charge in [-0.2, -0.15) is 0 Å². The van der Waals surface area contributed by atoms with E-state index in [1.165, 1.54) is 70.6 Å². The van der Waals surface area contributed by atoms with Crippen molar-refractivity contribution in [2.75, 3.05) is 6.61 Å². The predicted molar refractivity (Wildman–Crippen MR) is 119 cm³/mol. The van der Waals surface area contributed by atoms with Crippen molar-refractivity contribution in [1.82, 2.24) is 0 Å². The average molecular weight is 403 g/mol. The van der Waals surface area contributed by atoms with Gasteiger partial charge in [0.25, 0.3) is 0 Å². The van der Waals surface area contributed by atoms with E-state index in [1.54, 1.807) is 0 Å². The van der Waals surface area contributed by atoms with E-state index in [-0.39, 0.29) is 11.7 Å². The molecule has 0 aromatic carbocycles. The van der Waals surface area contributed by atoms with Crippen LogP contribution in [0.15, 0.2) is 0 Å². The summed E-state index contributed by atoms with van der Waals surface area (Å²) in [5.41, 5.74) is 1.17. The number of ether oxygens (including phenoxy) is 1. The molecule has 4 aliphatic carbocycles. The first-order chi connectivity index (χ1) is 13.8. The Kier molecular flexibility index (Phi) is 5.18. The van der Waals surface area contributed by atoms with Crippen molar-refractivity contribution in [3.05, 3.63) is 0 Å². The van der Waals surface area contributed by atoms with Gasteiger partial charge in [-0.1, -0.05) is 46.5 Å². The van der Waals surface area contributed by atoms with Crippen LogP contribution in [0.5, 0.6) is 0 Å². The Hall–Kier alpha value is -0.0800. The molecule has 29 heavy (non-hydrogen) atoms. The zero-order valence-electron chi connectivity index (χ0n) is 19.6. The fourth-order valence-electron chi connectivity index (χ4n) is 9.60. The molecule has 5 fully saturated rings. The summed E-state index contributed by atoms with van der Waals surface area (Å²) in [6.07, 6.45) is 16.2. The van der Waals surface area contributed by atoms with Gasteiger partial charge in [0.15, 0.2) is 0 Å². The van der Waals surface area contributed by atoms with Crippen LogP contribution >= 0.6 is 0 Å². The molecule has 1 saturated heterocycles. The van der Waals surface area contributed by atoms with Gasteiger partial charge >= 0.3 is 0 Å². The minimum atomic E-state index is -0.0281. The Bertz CT molecular complexity index is 612. The molecule has 1 aliphatic heterocycles. The monoisotopic (exact) mass is 402 g/mol. The van der Waals surface area contributed by atoms with Crippen LogP contribution in [0.3, 0.4) is 0 Å². The number of epoxide rings is 1. The van der Waals surface area contributed by atoms with Gasteiger partial charge in [-0.25, -0.2) is 0 Å². The van der Waals surface area contributed by atoms with Crippen molar-refractivity contribution in [1.29, 1.82) is 0 Å². The molecule has 0 bridgehead atoms. The van der Waals surface area contributed by atoms with Crippen molar-refractivity contribution >= 4 is 0 Å². The zero-order valence-corrected chi connectivity index (χ0v) is 19.6. The molecule has 0 aromatic rings. The molecule has 4 saturated carbocycles. The molecule has 166 valence electrons. The van der Waals surface area contributed by atoms with Crippen LogP contribution < -0.4 is 0 Å². The smallest absolute Gasteiger partial charge is 0.0888 e. The van der Waals surface area contributed by atoms with Gasteiger partial charge in [-0.05, 0) is 105 Å². The Morgan fingerprint density at radius 2 is 1.69 bits per heavy atom. The van der Waals surface area contributed by atoms with E-state index in [0.29, 0.717) is 16.7 Å². The second kappa shape index (κ2) is 7.22. The molecule has 0 amide bonds. The van der Waals surface area contributed by atoms with Crippen LogP contribution in [0, 0.1) is 46.3 Å². The van der Waals surface area contributed by atoms with Crippen molar-refractivity contribution in [2.24, 2.45) is 46.3 Å². The maximum Gasteiger partial charge on any atom is 0.0888 e. The molecule has 0 radical (unpaired) electrons. The highest BCUT2D eigenvalue weighted by atomic mass is 16.6. The fourth-order valence-corrected chi connectivity index (χ4v) is 9.60. The lowest BCUT2D eigenvalue weighted by molar-refractivity contribution is -0.159. The van der Waals surface area contributed by atoms with Crippen LogP contribution in [0.25, 0.3) is 0 Å². The van der Waals surface area contributed by atoms with E-state index in [1.807, 2.05) is 0 Å². The standard InChI is InChI=1S/C27H46O2/c1-18(8-7-13-25(2)17-29-25)20-10-11-21-19-16-24(28)23-9-5-6-14-26(23,3)22(19)12-15-27(20,21)4/h18-24,28H,5-17H2,1-4H3/t18-,19+,20-,21+,22+,23?,24?,25?,26-,27-/m1/s1. The number of rotatable bonds is 5. The van der Waals surface area contributed by atoms with Crippen LogP contribution in [0.2, 0.25) is 0 Å². The summed E-state index contributed by atoms with van der Waals surface area (Å²) in [5, 5.41) is 11.2. The molecule has 10 atom stereocenters. The average Bonchev–Trinajstić information content (AvgIpc) is 3.29. The van der Waals surface area contributed by atoms with Crippen LogP contribution in [0.4, 0.5) is 0 Å². The predicted octanol–water partition coefficient (Wildman–Crippen LogP) is 6.60. The van der Waals surface area contributed by atoms with E-state index >= 15 is 0 Å². The van der Waals surface area contributed by atoms with E-state index in [4.69, 9.17) is 4.74 Å². The fraction of sp³-hybridized carbons (Fsp3) is 1.00. The quantitative estimate of drug-likeness (QED) is 0.525. The molecular formula is C27H46O2. The third-order valence-electron chi connectivity index (χ3n) is 11.4. The van der Waals surface area contributed by atoms with Gasteiger partial charge in [0, 0.05) is 0 Å². The van der Waals surface area contributed by atoms with E-state index in [2.05, 4.69) is 27.7 Å². The summed E-state index contributed by atoms with van der Waals surface area (Å²) in [7, 11) is 0. The summed E-state index contributed by atoms with van der Waals surface area (Å²) >= 11 is 0. The number of fused-ring (bicyclic) bond motifs is 5. The van der Waals surface area contributed by atoms with Gasteiger partial charge in [-0.3, -0.25) is 0 Å². The minimum Gasteiger partial charge on any atom is -0.393 e. The maximum atomic E-state index is 11.2. The van der Waals surface area contributed by atoms with Crippen molar-refractivity contribution in [3.8, 4) is 0 Å². The first kappa shape index (κ1) is 20.8. The third kappa shape index (κ3) is 3.34. The van der Waals surface area contributed by atoms with Crippen LogP contribution in [-0.2, 0) is 4.74 Å². The third-order valence-corrected chi connectivity index (χ3v) is 11.4. The molecule has 1 N–H and O–H groups in total. The van der Waals surface area contributed by atoms with Crippen molar-refractivity contribution in [2.45, 2.75) is 116 Å². The van der Waals surface area contributed by atoms with E-state index < -0.39 is 0 Å². The second-order valence-corrected chi connectivity index (χ2v) is 12.9. The van der Waals surface area contributed by atoms with Gasteiger partial charge in [0.2, 0.25) is 0 Å². The highest BCUT2D eigenvalue weighted by Crippen LogP contribution is 2.68. The lowest BCUT2D eigenvalue weighted by Crippen LogP contribution is -2.57. The topological polar surface area (TPSA) is 32.8 Å². The van der Waals surface area contributed by atoms with Gasteiger partial charge in [0.05, 0.1) is 18.3 Å². The molecule has 0 aromatic heterocycles. The van der Waals surface area contributed by atoms with Crippen molar-refractivity contribution in [3.63, 3.8) is 0 Å². The number of hydrogen-bond donors (Lipinski definition) is 1. The van der Waals surface area contributed by atoms with Crippen molar-refractivity contribution < 1.29 is 9.84 Å². The molecule has 1 heterocycles.